The van der Waals surface area contributed by atoms with Crippen LogP contribution < -0.4 is 14.4 Å². The van der Waals surface area contributed by atoms with Gasteiger partial charge in [-0.25, -0.2) is 0 Å². The summed E-state index contributed by atoms with van der Waals surface area (Å²) in [6, 6.07) is 16.4. The van der Waals surface area contributed by atoms with Gasteiger partial charge in [-0.15, -0.1) is 6.58 Å². The molecule has 0 N–H and O–H groups in total. The van der Waals surface area contributed by atoms with Crippen LogP contribution >= 0.6 is 12.6 Å². The molecule has 1 aliphatic heterocycles. The van der Waals surface area contributed by atoms with Gasteiger partial charge in [0, 0.05) is 38.0 Å². The fraction of sp³-hybridized carbons (Fsp3) is 0.391. The Kier molecular flexibility index (Phi) is 7.69. The van der Waals surface area contributed by atoms with E-state index in [0.717, 1.165) is 50.6 Å². The van der Waals surface area contributed by atoms with Crippen molar-refractivity contribution in [2.75, 3.05) is 51.3 Å². The van der Waals surface area contributed by atoms with E-state index in [0.29, 0.717) is 6.61 Å². The van der Waals surface area contributed by atoms with E-state index >= 15 is 0 Å². The standard InChI is InChI=1S/C23H30N2O2S/c1-3-8-19-9-4-6-11-22(19)27-18-20(28)17-24-13-15-25(16-14-24)21-10-5-7-12-23(21)26-2/h3-7,9-12,20,28H,1,8,13-18H2,2H3/t20-/m0/s1. The van der Waals surface area contributed by atoms with E-state index in [4.69, 9.17) is 22.1 Å². The smallest absolute Gasteiger partial charge is 0.142 e. The van der Waals surface area contributed by atoms with Crippen LogP contribution in [-0.2, 0) is 6.42 Å². The Balaban J connectivity index is 1.46. The van der Waals surface area contributed by atoms with Crippen LogP contribution in [0.1, 0.15) is 5.56 Å². The molecule has 0 unspecified atom stereocenters. The minimum atomic E-state index is 0.176. The lowest BCUT2D eigenvalue weighted by atomic mass is 10.1. The second-order valence-corrected chi connectivity index (χ2v) is 7.76. The van der Waals surface area contributed by atoms with Gasteiger partial charge < -0.3 is 14.4 Å². The molecule has 1 atom stereocenters. The predicted octanol–water partition coefficient (Wildman–Crippen LogP) is 3.92. The number of nitrogens with zero attached hydrogens (tertiary/aromatic N) is 2. The Morgan fingerprint density at radius 1 is 1.04 bits per heavy atom. The Morgan fingerprint density at radius 2 is 1.71 bits per heavy atom. The fourth-order valence-electron chi connectivity index (χ4n) is 3.57. The largest absolute Gasteiger partial charge is 0.495 e. The third kappa shape index (κ3) is 5.46. The average molecular weight is 399 g/mol. The number of thiol groups is 1. The molecule has 1 fully saturated rings. The van der Waals surface area contributed by atoms with Crippen molar-refractivity contribution in [2.24, 2.45) is 0 Å². The Labute approximate surface area is 174 Å². The number of hydrogen-bond acceptors (Lipinski definition) is 5. The first kappa shape index (κ1) is 20.6. The zero-order chi connectivity index (χ0) is 19.8. The molecule has 0 bridgehead atoms. The molecule has 2 aromatic carbocycles. The summed E-state index contributed by atoms with van der Waals surface area (Å²) in [6.45, 7) is 9.36. The minimum absolute atomic E-state index is 0.176. The molecule has 2 aromatic rings. The highest BCUT2D eigenvalue weighted by Gasteiger charge is 2.21. The van der Waals surface area contributed by atoms with Crippen LogP contribution in [0.25, 0.3) is 0 Å². The topological polar surface area (TPSA) is 24.9 Å². The number of para-hydroxylation sites is 3. The maximum Gasteiger partial charge on any atom is 0.142 e. The van der Waals surface area contributed by atoms with Gasteiger partial charge in [-0.1, -0.05) is 36.4 Å². The molecule has 0 amide bonds. The lowest BCUT2D eigenvalue weighted by molar-refractivity contribution is 0.229. The molecule has 28 heavy (non-hydrogen) atoms. The van der Waals surface area contributed by atoms with Gasteiger partial charge in [0.15, 0.2) is 0 Å². The van der Waals surface area contributed by atoms with Gasteiger partial charge in [0.25, 0.3) is 0 Å². The van der Waals surface area contributed by atoms with Crippen molar-refractivity contribution in [1.82, 2.24) is 4.90 Å². The summed E-state index contributed by atoms with van der Waals surface area (Å²) >= 11 is 4.76. The third-order valence-corrected chi connectivity index (χ3v) is 5.35. The van der Waals surface area contributed by atoms with Crippen LogP contribution in [0, 0.1) is 0 Å². The second kappa shape index (κ2) is 10.4. The highest BCUT2D eigenvalue weighted by molar-refractivity contribution is 7.81. The summed E-state index contributed by atoms with van der Waals surface area (Å²) in [5.74, 6) is 1.87. The van der Waals surface area contributed by atoms with E-state index < -0.39 is 0 Å². The molecule has 3 rings (SSSR count). The molecule has 1 saturated heterocycles. The Morgan fingerprint density at radius 3 is 2.43 bits per heavy atom. The molecular weight excluding hydrogens is 368 g/mol. The van der Waals surface area contributed by atoms with Gasteiger partial charge in [-0.2, -0.15) is 12.6 Å². The fourth-order valence-corrected chi connectivity index (χ4v) is 3.87. The van der Waals surface area contributed by atoms with E-state index in [1.54, 1.807) is 7.11 Å². The number of ether oxygens (including phenoxy) is 2. The minimum Gasteiger partial charge on any atom is -0.495 e. The van der Waals surface area contributed by atoms with Crippen molar-refractivity contribution < 1.29 is 9.47 Å². The number of methoxy groups -OCH3 is 1. The SMILES string of the molecule is C=CCc1ccccc1OC[C@@H](S)CN1CCN(c2ccccc2OC)CC1. The zero-order valence-electron chi connectivity index (χ0n) is 16.6. The summed E-state index contributed by atoms with van der Waals surface area (Å²) in [5, 5.41) is 0.176. The van der Waals surface area contributed by atoms with Gasteiger partial charge >= 0.3 is 0 Å². The first-order valence-corrected chi connectivity index (χ1v) is 10.3. The second-order valence-electron chi connectivity index (χ2n) is 7.02. The first-order valence-electron chi connectivity index (χ1n) is 9.81. The quantitative estimate of drug-likeness (QED) is 0.511. The van der Waals surface area contributed by atoms with Gasteiger partial charge in [0.05, 0.1) is 12.8 Å². The molecule has 1 heterocycles. The Hall–Kier alpha value is -2.11. The maximum atomic E-state index is 6.04. The van der Waals surface area contributed by atoms with E-state index in [1.165, 1.54) is 11.3 Å². The Bertz CT molecular complexity index is 760. The van der Waals surface area contributed by atoms with Crippen molar-refractivity contribution in [3.05, 3.63) is 66.7 Å². The summed E-state index contributed by atoms with van der Waals surface area (Å²) in [7, 11) is 1.73. The van der Waals surface area contributed by atoms with Gasteiger partial charge in [-0.3, -0.25) is 4.90 Å². The monoisotopic (exact) mass is 398 g/mol. The number of rotatable bonds is 9. The van der Waals surface area contributed by atoms with Crippen molar-refractivity contribution in [3.63, 3.8) is 0 Å². The van der Waals surface area contributed by atoms with Crippen molar-refractivity contribution in [2.45, 2.75) is 11.7 Å². The lowest BCUT2D eigenvalue weighted by Crippen LogP contribution is -2.48. The number of benzene rings is 2. The van der Waals surface area contributed by atoms with Crippen molar-refractivity contribution >= 4 is 18.3 Å². The molecule has 0 radical (unpaired) electrons. The van der Waals surface area contributed by atoms with Crippen molar-refractivity contribution in [1.29, 1.82) is 0 Å². The van der Waals surface area contributed by atoms with Gasteiger partial charge in [-0.05, 0) is 30.2 Å². The molecule has 1 aliphatic rings. The first-order chi connectivity index (χ1) is 13.7. The summed E-state index contributed by atoms with van der Waals surface area (Å²) in [4.78, 5) is 4.85. The molecule has 0 aromatic heterocycles. The molecule has 4 nitrogen and oxygen atoms in total. The van der Waals surface area contributed by atoms with Gasteiger partial charge in [0.1, 0.15) is 18.1 Å². The summed E-state index contributed by atoms with van der Waals surface area (Å²) in [5.41, 5.74) is 2.35. The van der Waals surface area contributed by atoms with E-state index in [9.17, 15) is 0 Å². The van der Waals surface area contributed by atoms with Crippen LogP contribution in [-0.4, -0.2) is 56.6 Å². The molecule has 0 spiro atoms. The summed E-state index contributed by atoms with van der Waals surface area (Å²) in [6.07, 6.45) is 2.72. The zero-order valence-corrected chi connectivity index (χ0v) is 17.5. The molecule has 150 valence electrons. The normalized spacial score (nSPS) is 15.9. The van der Waals surface area contributed by atoms with E-state index in [1.807, 2.05) is 36.4 Å². The number of piperazine rings is 1. The third-order valence-electron chi connectivity index (χ3n) is 5.04. The highest BCUT2D eigenvalue weighted by Crippen LogP contribution is 2.28. The van der Waals surface area contributed by atoms with Crippen LogP contribution in [0.5, 0.6) is 11.5 Å². The van der Waals surface area contributed by atoms with Crippen LogP contribution in [0.3, 0.4) is 0 Å². The molecule has 0 aliphatic carbocycles. The van der Waals surface area contributed by atoms with Crippen LogP contribution in [0.2, 0.25) is 0 Å². The van der Waals surface area contributed by atoms with E-state index in [-0.39, 0.29) is 5.25 Å². The molecular formula is C23H30N2O2S. The van der Waals surface area contributed by atoms with Gasteiger partial charge in [0.2, 0.25) is 0 Å². The highest BCUT2D eigenvalue weighted by atomic mass is 32.1. The maximum absolute atomic E-state index is 6.04. The van der Waals surface area contributed by atoms with Crippen LogP contribution in [0.4, 0.5) is 5.69 Å². The predicted molar refractivity (Wildman–Crippen MR) is 120 cm³/mol. The number of anilines is 1. The number of allylic oxidation sites excluding steroid dienone is 1. The molecule has 0 saturated carbocycles. The average Bonchev–Trinajstić information content (AvgIpc) is 2.74. The lowest BCUT2D eigenvalue weighted by Gasteiger charge is -2.37. The summed E-state index contributed by atoms with van der Waals surface area (Å²) < 4.78 is 11.5. The van der Waals surface area contributed by atoms with Crippen molar-refractivity contribution in [3.8, 4) is 11.5 Å². The number of hydrogen-bond donors (Lipinski definition) is 1. The van der Waals surface area contributed by atoms with Crippen LogP contribution in [0.15, 0.2) is 61.2 Å². The van der Waals surface area contributed by atoms with E-state index in [2.05, 4.69) is 34.6 Å². The molecule has 5 heteroatoms.